The molecule has 0 saturated carbocycles. The smallest absolute Gasteiger partial charge is 0.0794 e. The van der Waals surface area contributed by atoms with E-state index in [1.165, 1.54) is 16.0 Å². The summed E-state index contributed by atoms with van der Waals surface area (Å²) in [6.45, 7) is 2.95. The molecule has 1 aliphatic heterocycles. The van der Waals surface area contributed by atoms with Crippen LogP contribution in [-0.4, -0.2) is 11.5 Å². The van der Waals surface area contributed by atoms with Crippen LogP contribution in [0, 0.1) is 0 Å². The first-order chi connectivity index (χ1) is 8.93. The zero-order valence-electron chi connectivity index (χ0n) is 10.2. The highest BCUT2D eigenvalue weighted by Gasteiger charge is 2.17. The Labute approximate surface area is 111 Å². The van der Waals surface area contributed by atoms with E-state index in [9.17, 15) is 0 Å². The second-order valence-corrected chi connectivity index (χ2v) is 5.54. The molecular weight excluding hydrogens is 242 g/mol. The average molecular weight is 259 g/mol. The molecule has 94 valence electrons. The van der Waals surface area contributed by atoms with Crippen LogP contribution in [0.15, 0.2) is 36.0 Å². The Hall–Kier alpha value is -1.23. The summed E-state index contributed by atoms with van der Waals surface area (Å²) in [5, 5.41) is 7.13. The summed E-state index contributed by atoms with van der Waals surface area (Å²) < 4.78 is 0. The third-order valence-electron chi connectivity index (χ3n) is 3.36. The quantitative estimate of drug-likeness (QED) is 0.889. The van der Waals surface area contributed by atoms with Gasteiger partial charge in [-0.2, -0.15) is 0 Å². The molecule has 1 aliphatic rings. The molecule has 2 heterocycles. The summed E-state index contributed by atoms with van der Waals surface area (Å²) in [5.74, 6) is 0. The number of thiazole rings is 1. The largest absolute Gasteiger partial charge is 0.313 e. The van der Waals surface area contributed by atoms with Gasteiger partial charge in [-0.1, -0.05) is 24.3 Å². The van der Waals surface area contributed by atoms with Crippen LogP contribution >= 0.6 is 11.3 Å². The molecule has 1 atom stereocenters. The minimum absolute atomic E-state index is 0.443. The highest BCUT2D eigenvalue weighted by Crippen LogP contribution is 2.24. The Kier molecular flexibility index (Phi) is 3.69. The van der Waals surface area contributed by atoms with Crippen LogP contribution in [0.2, 0.25) is 0 Å². The summed E-state index contributed by atoms with van der Waals surface area (Å²) in [6, 6.07) is 9.15. The van der Waals surface area contributed by atoms with Crippen LogP contribution in [0.5, 0.6) is 0 Å². The summed E-state index contributed by atoms with van der Waals surface area (Å²) in [7, 11) is 0. The predicted octanol–water partition coefficient (Wildman–Crippen LogP) is 2.47. The van der Waals surface area contributed by atoms with Crippen LogP contribution in [-0.2, 0) is 13.1 Å². The number of nitrogens with zero attached hydrogens (tertiary/aromatic N) is 1. The molecule has 0 radical (unpaired) electrons. The van der Waals surface area contributed by atoms with E-state index in [-0.39, 0.29) is 0 Å². The Bertz CT molecular complexity index is 496. The summed E-state index contributed by atoms with van der Waals surface area (Å²) in [6.07, 6.45) is 3.08. The molecule has 1 aromatic carbocycles. The molecule has 0 spiro atoms. The molecule has 0 saturated heterocycles. The molecule has 0 aliphatic carbocycles. The van der Waals surface area contributed by atoms with E-state index in [2.05, 4.69) is 39.9 Å². The Morgan fingerprint density at radius 1 is 1.39 bits per heavy atom. The van der Waals surface area contributed by atoms with Gasteiger partial charge in [0.05, 0.1) is 5.51 Å². The fourth-order valence-electron chi connectivity index (χ4n) is 2.43. The predicted molar refractivity (Wildman–Crippen MR) is 74.5 cm³/mol. The lowest BCUT2D eigenvalue weighted by Gasteiger charge is -2.18. The van der Waals surface area contributed by atoms with Gasteiger partial charge in [-0.25, -0.2) is 0 Å². The van der Waals surface area contributed by atoms with E-state index in [1.807, 2.05) is 11.7 Å². The number of fused-ring (bicyclic) bond motifs is 1. The Balaban J connectivity index is 1.75. The standard InChI is InChI=1S/C14H17N3S/c1-2-4-13-11(3-1)7-15-6-5-14(13)17-9-12-8-16-10-18-12/h1-4,8,10,14-15,17H,5-7,9H2. The SMILES string of the molecule is c1ccc2c(c1)CNCCC2NCc1cncs1. The van der Waals surface area contributed by atoms with Gasteiger partial charge in [-0.05, 0) is 24.1 Å². The average Bonchev–Trinajstić information content (AvgIpc) is 2.84. The Morgan fingerprint density at radius 3 is 3.22 bits per heavy atom. The van der Waals surface area contributed by atoms with E-state index >= 15 is 0 Å². The van der Waals surface area contributed by atoms with E-state index < -0.39 is 0 Å². The summed E-state index contributed by atoms with van der Waals surface area (Å²) in [4.78, 5) is 5.41. The maximum absolute atomic E-state index is 4.11. The van der Waals surface area contributed by atoms with Gasteiger partial charge in [0.25, 0.3) is 0 Å². The van der Waals surface area contributed by atoms with Gasteiger partial charge in [-0.15, -0.1) is 11.3 Å². The van der Waals surface area contributed by atoms with Crippen molar-refractivity contribution in [3.05, 3.63) is 52.0 Å². The molecule has 18 heavy (non-hydrogen) atoms. The molecule has 4 heteroatoms. The van der Waals surface area contributed by atoms with E-state index in [0.29, 0.717) is 6.04 Å². The van der Waals surface area contributed by atoms with Gasteiger partial charge in [0.1, 0.15) is 0 Å². The number of nitrogens with one attached hydrogen (secondary N) is 2. The molecule has 3 nitrogen and oxygen atoms in total. The van der Waals surface area contributed by atoms with Crippen molar-refractivity contribution in [2.45, 2.75) is 25.6 Å². The normalized spacial score (nSPS) is 19.2. The van der Waals surface area contributed by atoms with Crippen LogP contribution in [0.4, 0.5) is 0 Å². The molecule has 0 amide bonds. The highest BCUT2D eigenvalue weighted by atomic mass is 32.1. The lowest BCUT2D eigenvalue weighted by molar-refractivity contribution is 0.498. The van der Waals surface area contributed by atoms with Gasteiger partial charge < -0.3 is 10.6 Å². The fraction of sp³-hybridized carbons (Fsp3) is 0.357. The first-order valence-electron chi connectivity index (χ1n) is 6.33. The third kappa shape index (κ3) is 2.61. The molecule has 1 unspecified atom stereocenters. The van der Waals surface area contributed by atoms with Crippen LogP contribution in [0.25, 0.3) is 0 Å². The minimum atomic E-state index is 0.443. The van der Waals surface area contributed by atoms with Gasteiger partial charge >= 0.3 is 0 Å². The first kappa shape index (κ1) is 11.8. The van der Waals surface area contributed by atoms with Crippen LogP contribution in [0.3, 0.4) is 0 Å². The third-order valence-corrected chi connectivity index (χ3v) is 4.14. The van der Waals surface area contributed by atoms with Crippen LogP contribution in [0.1, 0.15) is 28.5 Å². The number of hydrogen-bond acceptors (Lipinski definition) is 4. The zero-order valence-corrected chi connectivity index (χ0v) is 11.0. The summed E-state index contributed by atoms with van der Waals surface area (Å²) in [5.41, 5.74) is 4.74. The number of hydrogen-bond donors (Lipinski definition) is 2. The van der Waals surface area contributed by atoms with Crippen molar-refractivity contribution < 1.29 is 0 Å². The molecule has 1 aromatic heterocycles. The zero-order chi connectivity index (χ0) is 12.2. The maximum atomic E-state index is 4.11. The van der Waals surface area contributed by atoms with E-state index in [4.69, 9.17) is 0 Å². The fourth-order valence-corrected chi connectivity index (χ4v) is 2.97. The van der Waals surface area contributed by atoms with E-state index in [0.717, 1.165) is 26.1 Å². The number of rotatable bonds is 3. The lowest BCUT2D eigenvalue weighted by atomic mass is 9.99. The van der Waals surface area contributed by atoms with Crippen molar-refractivity contribution in [2.75, 3.05) is 6.54 Å². The van der Waals surface area contributed by atoms with Crippen molar-refractivity contribution in [2.24, 2.45) is 0 Å². The molecule has 0 bridgehead atoms. The number of aromatic nitrogens is 1. The molecule has 2 aromatic rings. The minimum Gasteiger partial charge on any atom is -0.313 e. The number of benzene rings is 1. The second kappa shape index (κ2) is 5.61. The van der Waals surface area contributed by atoms with Crippen molar-refractivity contribution in [1.82, 2.24) is 15.6 Å². The van der Waals surface area contributed by atoms with Gasteiger partial charge in [0.15, 0.2) is 0 Å². The maximum Gasteiger partial charge on any atom is 0.0794 e. The van der Waals surface area contributed by atoms with Crippen molar-refractivity contribution >= 4 is 11.3 Å². The first-order valence-corrected chi connectivity index (χ1v) is 7.21. The lowest BCUT2D eigenvalue weighted by Crippen LogP contribution is -2.22. The Morgan fingerprint density at radius 2 is 2.33 bits per heavy atom. The van der Waals surface area contributed by atoms with Crippen molar-refractivity contribution in [3.8, 4) is 0 Å². The van der Waals surface area contributed by atoms with Crippen molar-refractivity contribution in [3.63, 3.8) is 0 Å². The van der Waals surface area contributed by atoms with E-state index in [1.54, 1.807) is 11.3 Å². The topological polar surface area (TPSA) is 37.0 Å². The second-order valence-electron chi connectivity index (χ2n) is 4.57. The van der Waals surface area contributed by atoms with Crippen molar-refractivity contribution in [1.29, 1.82) is 0 Å². The van der Waals surface area contributed by atoms with Gasteiger partial charge in [0.2, 0.25) is 0 Å². The molecule has 2 N–H and O–H groups in total. The van der Waals surface area contributed by atoms with Gasteiger partial charge in [0, 0.05) is 30.2 Å². The highest BCUT2D eigenvalue weighted by molar-refractivity contribution is 7.09. The summed E-state index contributed by atoms with van der Waals surface area (Å²) >= 11 is 1.71. The van der Waals surface area contributed by atoms with Gasteiger partial charge in [-0.3, -0.25) is 4.98 Å². The monoisotopic (exact) mass is 259 g/mol. The molecule has 3 rings (SSSR count). The molecular formula is C14H17N3S. The van der Waals surface area contributed by atoms with Crippen LogP contribution < -0.4 is 10.6 Å². The molecule has 0 fully saturated rings.